The molecule has 1 atom stereocenters. The van der Waals surface area contributed by atoms with E-state index < -0.39 is 11.6 Å². The van der Waals surface area contributed by atoms with E-state index in [0.717, 1.165) is 23.1 Å². The highest BCUT2D eigenvalue weighted by atomic mass is 16.2. The molecule has 0 spiro atoms. The molecule has 0 saturated carbocycles. The molecule has 1 fully saturated rings. The second-order valence-electron chi connectivity index (χ2n) is 4.59. The number of amides is 3. The van der Waals surface area contributed by atoms with Crippen LogP contribution in [0.15, 0.2) is 18.2 Å². The van der Waals surface area contributed by atoms with Gasteiger partial charge in [0.05, 0.1) is 0 Å². The standard InChI is InChI=1S/C13H16N2O2.C2H6/c1-4-9-5-8(2)6-10(7-9)13(3)11(16)14-12(17)15-13;1-2/h5-7H,4H2,1-3H3,(H2,14,15,16,17);1-2H3. The van der Waals surface area contributed by atoms with Crippen molar-refractivity contribution >= 4 is 11.9 Å². The average molecular weight is 262 g/mol. The van der Waals surface area contributed by atoms with Crippen LogP contribution in [0.3, 0.4) is 0 Å². The maximum Gasteiger partial charge on any atom is 0.322 e. The van der Waals surface area contributed by atoms with Crippen LogP contribution in [0.1, 0.15) is 44.4 Å². The van der Waals surface area contributed by atoms with Crippen molar-refractivity contribution in [1.82, 2.24) is 10.6 Å². The largest absolute Gasteiger partial charge is 0.322 e. The topological polar surface area (TPSA) is 58.2 Å². The third-order valence-corrected chi connectivity index (χ3v) is 3.17. The maximum atomic E-state index is 11.8. The summed E-state index contributed by atoms with van der Waals surface area (Å²) in [6.07, 6.45) is 0.903. The normalized spacial score (nSPS) is 21.3. The first kappa shape index (κ1) is 15.2. The smallest absolute Gasteiger partial charge is 0.320 e. The molecule has 1 aromatic carbocycles. The van der Waals surface area contributed by atoms with Crippen molar-refractivity contribution in [3.8, 4) is 0 Å². The van der Waals surface area contributed by atoms with Gasteiger partial charge in [0.25, 0.3) is 5.91 Å². The molecule has 1 heterocycles. The van der Waals surface area contributed by atoms with Gasteiger partial charge in [-0.3, -0.25) is 10.1 Å². The first-order valence-corrected chi connectivity index (χ1v) is 6.70. The minimum Gasteiger partial charge on any atom is -0.320 e. The summed E-state index contributed by atoms with van der Waals surface area (Å²) in [7, 11) is 0. The molecule has 2 N–H and O–H groups in total. The fourth-order valence-corrected chi connectivity index (χ4v) is 2.10. The monoisotopic (exact) mass is 262 g/mol. The van der Waals surface area contributed by atoms with Crippen molar-refractivity contribution in [2.45, 2.75) is 46.6 Å². The van der Waals surface area contributed by atoms with Gasteiger partial charge in [0.15, 0.2) is 0 Å². The second-order valence-corrected chi connectivity index (χ2v) is 4.59. The van der Waals surface area contributed by atoms with Gasteiger partial charge in [-0.2, -0.15) is 0 Å². The van der Waals surface area contributed by atoms with Crippen LogP contribution in [-0.2, 0) is 16.8 Å². The van der Waals surface area contributed by atoms with Gasteiger partial charge in [-0.05, 0) is 31.4 Å². The van der Waals surface area contributed by atoms with Gasteiger partial charge >= 0.3 is 6.03 Å². The number of nitrogens with one attached hydrogen (secondary N) is 2. The minimum atomic E-state index is -0.951. The molecule has 1 aliphatic heterocycles. The van der Waals surface area contributed by atoms with E-state index in [1.165, 1.54) is 0 Å². The van der Waals surface area contributed by atoms with Crippen molar-refractivity contribution in [2.75, 3.05) is 0 Å². The number of imide groups is 1. The number of hydrogen-bond acceptors (Lipinski definition) is 2. The van der Waals surface area contributed by atoms with Crippen LogP contribution in [0.2, 0.25) is 0 Å². The number of hydrogen-bond donors (Lipinski definition) is 2. The molecule has 1 aromatic rings. The lowest BCUT2D eigenvalue weighted by Crippen LogP contribution is -2.40. The van der Waals surface area contributed by atoms with Crippen LogP contribution in [0.25, 0.3) is 0 Å². The van der Waals surface area contributed by atoms with Gasteiger partial charge in [0.1, 0.15) is 5.54 Å². The summed E-state index contributed by atoms with van der Waals surface area (Å²) in [5.41, 5.74) is 2.13. The predicted molar refractivity (Wildman–Crippen MR) is 75.9 cm³/mol. The quantitative estimate of drug-likeness (QED) is 0.805. The molecule has 104 valence electrons. The van der Waals surface area contributed by atoms with Gasteiger partial charge in [0.2, 0.25) is 0 Å². The Kier molecular flexibility index (Phi) is 4.70. The number of benzene rings is 1. The molecule has 1 unspecified atom stereocenters. The molecule has 0 aliphatic carbocycles. The summed E-state index contributed by atoms with van der Waals surface area (Å²) in [4.78, 5) is 23.1. The molecule has 0 bridgehead atoms. The highest BCUT2D eigenvalue weighted by Gasteiger charge is 2.43. The van der Waals surface area contributed by atoms with Crippen molar-refractivity contribution in [3.63, 3.8) is 0 Å². The molecule has 3 amide bonds. The van der Waals surface area contributed by atoms with Crippen molar-refractivity contribution in [2.24, 2.45) is 0 Å². The van der Waals surface area contributed by atoms with Gasteiger partial charge in [-0.15, -0.1) is 0 Å². The van der Waals surface area contributed by atoms with Crippen LogP contribution in [0, 0.1) is 6.92 Å². The Morgan fingerprint density at radius 1 is 1.16 bits per heavy atom. The summed E-state index contributed by atoms with van der Waals surface area (Å²) in [5, 5.41) is 4.95. The number of carbonyl (C=O) groups excluding carboxylic acids is 2. The lowest BCUT2D eigenvalue weighted by molar-refractivity contribution is -0.123. The fraction of sp³-hybridized carbons (Fsp3) is 0.467. The zero-order valence-corrected chi connectivity index (χ0v) is 12.3. The van der Waals surface area contributed by atoms with Gasteiger partial charge in [-0.1, -0.05) is 44.5 Å². The third kappa shape index (κ3) is 2.95. The zero-order valence-electron chi connectivity index (χ0n) is 12.3. The molecule has 0 radical (unpaired) electrons. The highest BCUT2D eigenvalue weighted by Crippen LogP contribution is 2.26. The van der Waals surface area contributed by atoms with E-state index in [4.69, 9.17) is 0 Å². The zero-order chi connectivity index (χ0) is 14.6. The molecule has 4 nitrogen and oxygen atoms in total. The predicted octanol–water partition coefficient (Wildman–Crippen LogP) is 2.64. The van der Waals surface area contributed by atoms with Crippen LogP contribution in [0.5, 0.6) is 0 Å². The summed E-state index contributed by atoms with van der Waals surface area (Å²) in [5.74, 6) is -0.296. The van der Waals surface area contributed by atoms with E-state index >= 15 is 0 Å². The average Bonchev–Trinajstić information content (AvgIpc) is 2.65. The Hall–Kier alpha value is -1.84. The molecule has 1 saturated heterocycles. The Bertz CT molecular complexity index is 497. The minimum absolute atomic E-state index is 0.296. The maximum absolute atomic E-state index is 11.8. The van der Waals surface area contributed by atoms with E-state index in [2.05, 4.69) is 23.6 Å². The summed E-state index contributed by atoms with van der Waals surface area (Å²) >= 11 is 0. The van der Waals surface area contributed by atoms with E-state index in [1.807, 2.05) is 32.9 Å². The van der Waals surface area contributed by atoms with Gasteiger partial charge in [-0.25, -0.2) is 4.79 Å². The van der Waals surface area contributed by atoms with Crippen LogP contribution in [0.4, 0.5) is 4.79 Å². The van der Waals surface area contributed by atoms with Crippen molar-refractivity contribution < 1.29 is 9.59 Å². The van der Waals surface area contributed by atoms with Crippen molar-refractivity contribution in [1.29, 1.82) is 0 Å². The summed E-state index contributed by atoms with van der Waals surface area (Å²) in [6, 6.07) is 5.56. The first-order valence-electron chi connectivity index (χ1n) is 6.70. The fourth-order valence-electron chi connectivity index (χ4n) is 2.10. The van der Waals surface area contributed by atoms with E-state index in [9.17, 15) is 9.59 Å². The number of rotatable bonds is 2. The SMILES string of the molecule is CC.CCc1cc(C)cc(C2(C)NC(=O)NC2=O)c1. The van der Waals surface area contributed by atoms with Gasteiger partial charge in [0, 0.05) is 0 Å². The van der Waals surface area contributed by atoms with Crippen LogP contribution in [-0.4, -0.2) is 11.9 Å². The molecular formula is C15H22N2O2. The molecule has 2 rings (SSSR count). The molecular weight excluding hydrogens is 240 g/mol. The van der Waals surface area contributed by atoms with Crippen LogP contribution >= 0.6 is 0 Å². The van der Waals surface area contributed by atoms with Crippen LogP contribution < -0.4 is 10.6 Å². The first-order chi connectivity index (χ1) is 8.95. The van der Waals surface area contributed by atoms with E-state index in [-0.39, 0.29) is 5.91 Å². The highest BCUT2D eigenvalue weighted by molar-refractivity contribution is 6.07. The molecule has 1 aliphatic rings. The Balaban J connectivity index is 0.000000861. The van der Waals surface area contributed by atoms with Gasteiger partial charge < -0.3 is 5.32 Å². The number of urea groups is 1. The van der Waals surface area contributed by atoms with E-state index in [1.54, 1.807) is 6.92 Å². The Morgan fingerprint density at radius 2 is 1.79 bits per heavy atom. The number of aryl methyl sites for hydroxylation is 2. The summed E-state index contributed by atoms with van der Waals surface area (Å²) < 4.78 is 0. The molecule has 4 heteroatoms. The lowest BCUT2D eigenvalue weighted by Gasteiger charge is -2.22. The lowest BCUT2D eigenvalue weighted by atomic mass is 9.89. The van der Waals surface area contributed by atoms with E-state index in [0.29, 0.717) is 0 Å². The second kappa shape index (κ2) is 5.87. The summed E-state index contributed by atoms with van der Waals surface area (Å²) in [6.45, 7) is 9.77. The van der Waals surface area contributed by atoms with Crippen molar-refractivity contribution in [3.05, 3.63) is 34.9 Å². The molecule has 0 aromatic heterocycles. The Labute approximate surface area is 114 Å². The molecule has 19 heavy (non-hydrogen) atoms. The third-order valence-electron chi connectivity index (χ3n) is 3.17. The Morgan fingerprint density at radius 3 is 2.26 bits per heavy atom. The number of carbonyl (C=O) groups is 2.